The van der Waals surface area contributed by atoms with Crippen LogP contribution >= 0.6 is 0 Å². The highest BCUT2D eigenvalue weighted by atomic mass is 32.2. The number of aliphatic carboxylic acids is 2. The lowest BCUT2D eigenvalue weighted by Gasteiger charge is -2.33. The lowest BCUT2D eigenvalue weighted by molar-refractivity contribution is -0.143. The summed E-state index contributed by atoms with van der Waals surface area (Å²) in [5.41, 5.74) is -1.93. The van der Waals surface area contributed by atoms with E-state index in [0.29, 0.717) is 12.5 Å². The van der Waals surface area contributed by atoms with Gasteiger partial charge in [0.25, 0.3) is 10.1 Å². The van der Waals surface area contributed by atoms with Crippen LogP contribution in [0, 0.1) is 16.7 Å². The van der Waals surface area contributed by atoms with Crippen molar-refractivity contribution in [2.45, 2.75) is 105 Å². The van der Waals surface area contributed by atoms with Gasteiger partial charge in [0, 0.05) is 38.0 Å². The van der Waals surface area contributed by atoms with Gasteiger partial charge in [-0.25, -0.2) is 9.59 Å². The first-order valence-corrected chi connectivity index (χ1v) is 20.8. The van der Waals surface area contributed by atoms with Gasteiger partial charge in [-0.05, 0) is 37.0 Å². The molecular formula is C36H64N6O16S. The SMILES string of the molecule is CCC(C)CCNC(=O)CNC(=O)CCC(NC(=O)COCCOCCNC(=O)CCC(NC(=O)C(CS(=O)(=O)O)NC(=O)C(C)(C)CC(C)(C)CO)C(=O)O)C(=O)O. The van der Waals surface area contributed by atoms with Crippen molar-refractivity contribution in [1.29, 1.82) is 0 Å². The standard InChI is InChI=1S/C36H64N6O16S/c1-7-23(2)12-13-37-29(46)18-39-28(45)11-8-24(32(49)50)40-30(47)19-58-17-16-57-15-14-38-27(44)10-9-25(33(51)52)41-31(48)26(20-59(54,55)56)42-34(53)36(5,6)21-35(3,4)22-43/h23-26,43H,7-22H2,1-6H3,(H,37,46)(H,38,44)(H,39,45)(H,40,47)(H,41,48)(H,42,53)(H,49,50)(H,51,52)(H,54,55,56). The lowest BCUT2D eigenvalue weighted by atomic mass is 9.75. The fourth-order valence-electron chi connectivity index (χ4n) is 5.38. The fraction of sp³-hybridized carbons (Fsp3) is 0.778. The van der Waals surface area contributed by atoms with Gasteiger partial charge in [0.2, 0.25) is 35.4 Å². The van der Waals surface area contributed by atoms with E-state index in [9.17, 15) is 66.6 Å². The molecule has 0 heterocycles. The van der Waals surface area contributed by atoms with Crippen LogP contribution in [0.1, 0.15) is 86.5 Å². The molecule has 0 saturated heterocycles. The van der Waals surface area contributed by atoms with Crippen LogP contribution in [0.3, 0.4) is 0 Å². The largest absolute Gasteiger partial charge is 0.480 e. The Labute approximate surface area is 344 Å². The summed E-state index contributed by atoms with van der Waals surface area (Å²) >= 11 is 0. The fourth-order valence-corrected chi connectivity index (χ4v) is 6.04. The number of hydrogen-bond acceptors (Lipinski definition) is 13. The smallest absolute Gasteiger partial charge is 0.326 e. The summed E-state index contributed by atoms with van der Waals surface area (Å²) in [7, 11) is -4.83. The normalized spacial score (nSPS) is 13.8. The van der Waals surface area contributed by atoms with Gasteiger partial charge in [0.05, 0.1) is 26.4 Å². The monoisotopic (exact) mass is 868 g/mol. The van der Waals surface area contributed by atoms with Crippen molar-refractivity contribution < 1.29 is 76.1 Å². The second kappa shape index (κ2) is 27.3. The molecule has 4 atom stereocenters. The highest BCUT2D eigenvalue weighted by Gasteiger charge is 2.38. The van der Waals surface area contributed by atoms with Crippen molar-refractivity contribution in [3.05, 3.63) is 0 Å². The van der Waals surface area contributed by atoms with E-state index in [-0.39, 0.29) is 64.7 Å². The van der Waals surface area contributed by atoms with Gasteiger partial charge in [-0.1, -0.05) is 48.0 Å². The molecule has 0 radical (unpaired) electrons. The Morgan fingerprint density at radius 2 is 1.22 bits per heavy atom. The molecule has 4 unspecified atom stereocenters. The van der Waals surface area contributed by atoms with Crippen LogP contribution in [0.5, 0.6) is 0 Å². The van der Waals surface area contributed by atoms with Crippen LogP contribution in [-0.4, -0.2) is 152 Å². The van der Waals surface area contributed by atoms with Gasteiger partial charge in [-0.3, -0.25) is 33.3 Å². The zero-order chi connectivity index (χ0) is 45.4. The topological polar surface area (TPSA) is 342 Å². The second-order valence-electron chi connectivity index (χ2n) is 15.5. The third kappa shape index (κ3) is 26.3. The van der Waals surface area contributed by atoms with E-state index in [1.807, 2.05) is 6.92 Å². The highest BCUT2D eigenvalue weighted by Crippen LogP contribution is 2.33. The zero-order valence-corrected chi connectivity index (χ0v) is 35.5. The van der Waals surface area contributed by atoms with E-state index in [4.69, 9.17) is 9.47 Å². The first kappa shape index (κ1) is 54.6. The van der Waals surface area contributed by atoms with Crippen LogP contribution in [0.25, 0.3) is 0 Å². The average Bonchev–Trinajstić information content (AvgIpc) is 3.13. The number of ether oxygens (including phenoxy) is 2. The van der Waals surface area contributed by atoms with E-state index in [1.54, 1.807) is 13.8 Å². The van der Waals surface area contributed by atoms with Crippen molar-refractivity contribution >= 4 is 57.5 Å². The van der Waals surface area contributed by atoms with Crippen LogP contribution < -0.4 is 31.9 Å². The highest BCUT2D eigenvalue weighted by molar-refractivity contribution is 7.85. The summed E-state index contributed by atoms with van der Waals surface area (Å²) in [6.07, 6.45) is 0.585. The number of carboxylic acids is 2. The summed E-state index contributed by atoms with van der Waals surface area (Å²) in [4.78, 5) is 97.7. The van der Waals surface area contributed by atoms with Crippen molar-refractivity contribution in [3.63, 3.8) is 0 Å². The molecular weight excluding hydrogens is 804 g/mol. The molecule has 0 bridgehead atoms. The average molecular weight is 869 g/mol. The van der Waals surface area contributed by atoms with Crippen molar-refractivity contribution in [1.82, 2.24) is 31.9 Å². The molecule has 0 aromatic carbocycles. The Balaban J connectivity index is 4.62. The Kier molecular flexibility index (Phi) is 25.3. The zero-order valence-electron chi connectivity index (χ0n) is 34.7. The summed E-state index contributed by atoms with van der Waals surface area (Å²) in [6.45, 7) is 9.74. The third-order valence-electron chi connectivity index (χ3n) is 8.81. The van der Waals surface area contributed by atoms with Crippen LogP contribution in [0.15, 0.2) is 0 Å². The molecule has 10 N–H and O–H groups in total. The number of amides is 6. The number of carbonyl (C=O) groups excluding carboxylic acids is 6. The predicted octanol–water partition coefficient (Wildman–Crippen LogP) is -1.69. The Morgan fingerprint density at radius 3 is 1.76 bits per heavy atom. The molecule has 0 aliphatic rings. The van der Waals surface area contributed by atoms with Crippen LogP contribution in [0.2, 0.25) is 0 Å². The second-order valence-corrected chi connectivity index (χ2v) is 17.0. The molecule has 0 fully saturated rings. The van der Waals surface area contributed by atoms with E-state index < -0.39 is 106 Å². The molecule has 23 heteroatoms. The molecule has 0 aliphatic carbocycles. The summed E-state index contributed by atoms with van der Waals surface area (Å²) < 4.78 is 43.1. The number of hydrogen-bond donors (Lipinski definition) is 10. The predicted molar refractivity (Wildman–Crippen MR) is 210 cm³/mol. The van der Waals surface area contributed by atoms with Gasteiger partial charge in [-0.15, -0.1) is 0 Å². The molecule has 59 heavy (non-hydrogen) atoms. The molecule has 0 aromatic heterocycles. The number of aliphatic hydroxyl groups excluding tert-OH is 1. The number of aliphatic hydroxyl groups is 1. The summed E-state index contributed by atoms with van der Waals surface area (Å²) in [6, 6.07) is -4.95. The van der Waals surface area contributed by atoms with Crippen LogP contribution in [0.4, 0.5) is 0 Å². The number of carbonyl (C=O) groups is 8. The minimum Gasteiger partial charge on any atom is -0.480 e. The Bertz CT molecular complexity index is 1520. The first-order chi connectivity index (χ1) is 27.3. The van der Waals surface area contributed by atoms with Crippen molar-refractivity contribution in [3.8, 4) is 0 Å². The Morgan fingerprint density at radius 1 is 0.678 bits per heavy atom. The van der Waals surface area contributed by atoms with E-state index in [0.717, 1.165) is 12.8 Å². The summed E-state index contributed by atoms with van der Waals surface area (Å²) in [5.74, 6) is -8.08. The Hall–Kier alpha value is -4.45. The summed E-state index contributed by atoms with van der Waals surface area (Å²) in [5, 5.41) is 42.7. The third-order valence-corrected chi connectivity index (χ3v) is 9.56. The number of carboxylic acid groups (broad SMARTS) is 2. The maximum Gasteiger partial charge on any atom is 0.326 e. The molecule has 0 spiro atoms. The minimum atomic E-state index is -4.83. The number of rotatable bonds is 32. The molecule has 6 amide bonds. The minimum absolute atomic E-state index is 0.0217. The lowest BCUT2D eigenvalue weighted by Crippen LogP contribution is -2.56. The van der Waals surface area contributed by atoms with Gasteiger partial charge >= 0.3 is 11.9 Å². The molecule has 0 saturated carbocycles. The molecule has 0 aliphatic heterocycles. The molecule has 22 nitrogen and oxygen atoms in total. The van der Waals surface area contributed by atoms with E-state index in [2.05, 4.69) is 38.8 Å². The van der Waals surface area contributed by atoms with Crippen molar-refractivity contribution in [2.75, 3.05) is 58.4 Å². The van der Waals surface area contributed by atoms with Gasteiger partial charge in [0.15, 0.2) is 0 Å². The first-order valence-electron chi connectivity index (χ1n) is 19.2. The van der Waals surface area contributed by atoms with Crippen molar-refractivity contribution in [2.24, 2.45) is 16.7 Å². The van der Waals surface area contributed by atoms with E-state index >= 15 is 0 Å². The van der Waals surface area contributed by atoms with Crippen LogP contribution in [-0.2, 0) is 57.9 Å². The van der Waals surface area contributed by atoms with E-state index in [1.165, 1.54) is 13.8 Å². The molecule has 340 valence electrons. The quantitative estimate of drug-likeness (QED) is 0.0266. The maximum absolute atomic E-state index is 13.0. The molecule has 0 rings (SSSR count). The van der Waals surface area contributed by atoms with Gasteiger partial charge in [-0.2, -0.15) is 8.42 Å². The maximum atomic E-state index is 13.0. The van der Waals surface area contributed by atoms with Gasteiger partial charge < -0.3 is 56.7 Å². The van der Waals surface area contributed by atoms with Gasteiger partial charge in [0.1, 0.15) is 30.5 Å². The number of nitrogens with one attached hydrogen (secondary N) is 6. The molecule has 0 aromatic rings.